The normalized spacial score (nSPS) is 21.7. The minimum Gasteiger partial charge on any atom is -0.392 e. The van der Waals surface area contributed by atoms with Crippen LogP contribution in [0.5, 0.6) is 0 Å². The summed E-state index contributed by atoms with van der Waals surface area (Å²) in [4.78, 5) is 4.63. The minimum absolute atomic E-state index is 0.302. The molecule has 0 spiro atoms. The van der Waals surface area contributed by atoms with Crippen LogP contribution in [-0.2, 0) is 13.5 Å². The smallest absolute Gasteiger partial charge is 0.112 e. The molecule has 2 atom stereocenters. The van der Waals surface area contributed by atoms with Crippen LogP contribution in [0.15, 0.2) is 24.3 Å². The Morgan fingerprint density at radius 1 is 1.47 bits per heavy atom. The van der Waals surface area contributed by atoms with Crippen molar-refractivity contribution in [2.24, 2.45) is 13.0 Å². The number of aliphatic hydroxyl groups is 1. The van der Waals surface area contributed by atoms with Crippen molar-refractivity contribution in [2.45, 2.75) is 25.4 Å². The third-order valence-electron chi connectivity index (χ3n) is 4.15. The van der Waals surface area contributed by atoms with Gasteiger partial charge >= 0.3 is 0 Å². The van der Waals surface area contributed by atoms with Gasteiger partial charge in [-0.15, -0.1) is 0 Å². The summed E-state index contributed by atoms with van der Waals surface area (Å²) in [7, 11) is 2.02. The van der Waals surface area contributed by atoms with Crippen molar-refractivity contribution in [2.75, 3.05) is 13.1 Å². The minimum atomic E-state index is -0.302. The number of rotatable bonds is 3. The van der Waals surface area contributed by atoms with Gasteiger partial charge in [0, 0.05) is 20.0 Å². The maximum Gasteiger partial charge on any atom is 0.112 e. The van der Waals surface area contributed by atoms with Crippen LogP contribution in [0, 0.1) is 5.92 Å². The molecule has 0 saturated carbocycles. The van der Waals surface area contributed by atoms with Crippen molar-refractivity contribution in [3.63, 3.8) is 0 Å². The van der Waals surface area contributed by atoms with E-state index >= 15 is 0 Å². The first-order chi connectivity index (χ1) is 9.25. The molecule has 0 bridgehead atoms. The Morgan fingerprint density at radius 3 is 3.05 bits per heavy atom. The molecule has 2 heterocycles. The summed E-state index contributed by atoms with van der Waals surface area (Å²) in [6.45, 7) is 2.00. The number of fused-ring (bicyclic) bond motifs is 1. The Labute approximate surface area is 113 Å². The maximum absolute atomic E-state index is 10.4. The summed E-state index contributed by atoms with van der Waals surface area (Å²) in [6.07, 6.45) is 2.60. The van der Waals surface area contributed by atoms with Crippen LogP contribution in [0.3, 0.4) is 0 Å². The second-order valence-electron chi connectivity index (χ2n) is 5.45. The quantitative estimate of drug-likeness (QED) is 0.877. The molecule has 2 unspecified atom stereocenters. The van der Waals surface area contributed by atoms with E-state index in [1.165, 1.54) is 0 Å². The number of nitrogens with one attached hydrogen (secondary N) is 1. The van der Waals surface area contributed by atoms with Gasteiger partial charge in [-0.3, -0.25) is 0 Å². The monoisotopic (exact) mass is 259 g/mol. The summed E-state index contributed by atoms with van der Waals surface area (Å²) < 4.78 is 2.09. The highest BCUT2D eigenvalue weighted by molar-refractivity contribution is 5.75. The fourth-order valence-electron chi connectivity index (χ4n) is 2.94. The van der Waals surface area contributed by atoms with Gasteiger partial charge in [0.1, 0.15) is 5.82 Å². The SMILES string of the molecule is Cn1c(CC(O)C2CCCNC2)nc2ccccc21. The average molecular weight is 259 g/mol. The molecule has 1 fully saturated rings. The molecule has 3 rings (SSSR count). The van der Waals surface area contributed by atoms with Crippen LogP contribution in [-0.4, -0.2) is 33.9 Å². The van der Waals surface area contributed by atoms with Crippen LogP contribution in [0.1, 0.15) is 18.7 Å². The van der Waals surface area contributed by atoms with Gasteiger partial charge in [0.25, 0.3) is 0 Å². The van der Waals surface area contributed by atoms with Crippen LogP contribution in [0.4, 0.5) is 0 Å². The number of aliphatic hydroxyl groups excluding tert-OH is 1. The average Bonchev–Trinajstić information content (AvgIpc) is 2.77. The van der Waals surface area contributed by atoms with Gasteiger partial charge in [-0.2, -0.15) is 0 Å². The molecule has 102 valence electrons. The predicted molar refractivity (Wildman–Crippen MR) is 76.0 cm³/mol. The van der Waals surface area contributed by atoms with E-state index in [2.05, 4.69) is 20.9 Å². The van der Waals surface area contributed by atoms with Gasteiger partial charge < -0.3 is 15.0 Å². The second kappa shape index (κ2) is 5.31. The van der Waals surface area contributed by atoms with Crippen molar-refractivity contribution >= 4 is 11.0 Å². The highest BCUT2D eigenvalue weighted by Crippen LogP contribution is 2.20. The van der Waals surface area contributed by atoms with E-state index in [4.69, 9.17) is 0 Å². The van der Waals surface area contributed by atoms with E-state index in [-0.39, 0.29) is 6.10 Å². The van der Waals surface area contributed by atoms with Crippen LogP contribution in [0.2, 0.25) is 0 Å². The molecule has 1 aromatic carbocycles. The number of hydrogen-bond donors (Lipinski definition) is 2. The van der Waals surface area contributed by atoms with E-state index in [0.717, 1.165) is 42.8 Å². The first kappa shape index (κ1) is 12.6. The standard InChI is InChI=1S/C15H21N3O/c1-18-13-7-3-2-6-12(13)17-15(18)9-14(19)11-5-4-8-16-10-11/h2-3,6-7,11,14,16,19H,4-5,8-10H2,1H3. The lowest BCUT2D eigenvalue weighted by atomic mass is 9.92. The van der Waals surface area contributed by atoms with E-state index in [0.29, 0.717) is 12.3 Å². The predicted octanol–water partition coefficient (Wildman–Crippen LogP) is 1.48. The molecule has 2 N–H and O–H groups in total. The Balaban J connectivity index is 1.78. The molecule has 0 radical (unpaired) electrons. The van der Waals surface area contributed by atoms with Crippen molar-refractivity contribution in [1.82, 2.24) is 14.9 Å². The zero-order valence-corrected chi connectivity index (χ0v) is 11.3. The van der Waals surface area contributed by atoms with Crippen LogP contribution >= 0.6 is 0 Å². The van der Waals surface area contributed by atoms with Crippen LogP contribution < -0.4 is 5.32 Å². The number of benzene rings is 1. The molecule has 0 aliphatic carbocycles. The van der Waals surface area contributed by atoms with E-state index in [1.807, 2.05) is 25.2 Å². The highest BCUT2D eigenvalue weighted by atomic mass is 16.3. The van der Waals surface area contributed by atoms with Gasteiger partial charge in [0.15, 0.2) is 0 Å². The van der Waals surface area contributed by atoms with E-state index in [1.54, 1.807) is 0 Å². The Kier molecular flexibility index (Phi) is 3.53. The van der Waals surface area contributed by atoms with Gasteiger partial charge in [0.2, 0.25) is 0 Å². The summed E-state index contributed by atoms with van der Waals surface area (Å²) >= 11 is 0. The molecule has 0 amide bonds. The maximum atomic E-state index is 10.4. The largest absolute Gasteiger partial charge is 0.392 e. The third kappa shape index (κ3) is 2.51. The zero-order chi connectivity index (χ0) is 13.2. The molecule has 4 nitrogen and oxygen atoms in total. The topological polar surface area (TPSA) is 50.1 Å². The lowest BCUT2D eigenvalue weighted by Gasteiger charge is -2.27. The molecule has 4 heteroatoms. The van der Waals surface area contributed by atoms with Crippen LogP contribution in [0.25, 0.3) is 11.0 Å². The molecular formula is C15H21N3O. The Bertz CT molecular complexity index is 558. The number of hydrogen-bond acceptors (Lipinski definition) is 3. The van der Waals surface area contributed by atoms with Gasteiger partial charge in [-0.1, -0.05) is 12.1 Å². The van der Waals surface area contributed by atoms with Crippen molar-refractivity contribution in [1.29, 1.82) is 0 Å². The van der Waals surface area contributed by atoms with Crippen molar-refractivity contribution in [3.05, 3.63) is 30.1 Å². The summed E-state index contributed by atoms with van der Waals surface area (Å²) in [5, 5.41) is 13.7. The number of aryl methyl sites for hydroxylation is 1. The van der Waals surface area contributed by atoms with E-state index < -0.39 is 0 Å². The van der Waals surface area contributed by atoms with Gasteiger partial charge in [-0.05, 0) is 37.4 Å². The van der Waals surface area contributed by atoms with Gasteiger partial charge in [-0.25, -0.2) is 4.98 Å². The number of para-hydroxylation sites is 2. The fraction of sp³-hybridized carbons (Fsp3) is 0.533. The first-order valence-electron chi connectivity index (χ1n) is 7.05. The molecule has 2 aromatic rings. The number of imidazole rings is 1. The molecular weight excluding hydrogens is 238 g/mol. The molecule has 19 heavy (non-hydrogen) atoms. The third-order valence-corrected chi connectivity index (χ3v) is 4.15. The lowest BCUT2D eigenvalue weighted by molar-refractivity contribution is 0.0899. The second-order valence-corrected chi connectivity index (χ2v) is 5.45. The molecule has 1 aliphatic rings. The number of aromatic nitrogens is 2. The van der Waals surface area contributed by atoms with Crippen molar-refractivity contribution in [3.8, 4) is 0 Å². The Morgan fingerprint density at radius 2 is 2.32 bits per heavy atom. The fourth-order valence-corrected chi connectivity index (χ4v) is 2.94. The van der Waals surface area contributed by atoms with Crippen molar-refractivity contribution < 1.29 is 5.11 Å². The summed E-state index contributed by atoms with van der Waals surface area (Å²) in [5.41, 5.74) is 2.14. The lowest BCUT2D eigenvalue weighted by Crippen LogP contribution is -2.37. The Hall–Kier alpha value is -1.39. The van der Waals surface area contributed by atoms with Gasteiger partial charge in [0.05, 0.1) is 17.1 Å². The zero-order valence-electron chi connectivity index (χ0n) is 11.3. The number of nitrogens with zero attached hydrogens (tertiary/aromatic N) is 2. The first-order valence-corrected chi connectivity index (χ1v) is 7.05. The highest BCUT2D eigenvalue weighted by Gasteiger charge is 2.23. The molecule has 1 aliphatic heterocycles. The summed E-state index contributed by atoms with van der Waals surface area (Å²) in [5.74, 6) is 1.33. The number of piperidine rings is 1. The summed E-state index contributed by atoms with van der Waals surface area (Å²) in [6, 6.07) is 8.11. The molecule has 1 saturated heterocycles. The molecule has 1 aromatic heterocycles. The van der Waals surface area contributed by atoms with E-state index in [9.17, 15) is 5.11 Å².